The van der Waals surface area contributed by atoms with Gasteiger partial charge in [-0.1, -0.05) is 6.07 Å². The number of hydrogen-bond acceptors (Lipinski definition) is 8. The lowest BCUT2D eigenvalue weighted by molar-refractivity contribution is -0.253. The van der Waals surface area contributed by atoms with Gasteiger partial charge in [0.1, 0.15) is 5.75 Å². The minimum Gasteiger partial charge on any atom is -0.481 e. The maximum absolute atomic E-state index is 13.1. The average Bonchev–Trinajstić information content (AvgIpc) is 2.83. The van der Waals surface area contributed by atoms with E-state index in [0.29, 0.717) is 0 Å². The molecule has 1 amide bonds. The van der Waals surface area contributed by atoms with E-state index in [1.807, 2.05) is 0 Å². The standard InChI is InChI=1S/C21H18F4N4O6S/c1-33-17-11-16(27-20(28-17)34-2)29-36(31,32)15-8-6-13(7-9-15)26-18(30)12-4-3-5-14(10-12)35-21(24,25)19(22)23/h3-11,19H,1-2H3,(H,26,30)(H,27,28,29). The Hall–Kier alpha value is -4.14. The number of carbonyl (C=O) groups excluding carboxylic acids is 1. The number of carbonyl (C=O) groups is 1. The van der Waals surface area contributed by atoms with E-state index in [0.717, 1.165) is 12.1 Å². The van der Waals surface area contributed by atoms with Gasteiger partial charge in [0.05, 0.1) is 19.1 Å². The number of sulfonamides is 1. The average molecular weight is 530 g/mol. The van der Waals surface area contributed by atoms with Gasteiger partial charge < -0.3 is 19.5 Å². The third-order valence-corrected chi connectivity index (χ3v) is 5.71. The molecule has 2 aromatic carbocycles. The number of halogens is 4. The molecule has 15 heteroatoms. The van der Waals surface area contributed by atoms with Gasteiger partial charge in [0, 0.05) is 17.3 Å². The van der Waals surface area contributed by atoms with Crippen LogP contribution in [0.1, 0.15) is 10.4 Å². The lowest BCUT2D eigenvalue weighted by Gasteiger charge is -2.17. The lowest BCUT2D eigenvalue weighted by Crippen LogP contribution is -2.33. The Morgan fingerprint density at radius 3 is 2.31 bits per heavy atom. The van der Waals surface area contributed by atoms with Crippen LogP contribution in [0.2, 0.25) is 0 Å². The third kappa shape index (κ3) is 6.50. The summed E-state index contributed by atoms with van der Waals surface area (Å²) in [6.45, 7) is 0. The van der Waals surface area contributed by atoms with Crippen LogP contribution in [0.4, 0.5) is 29.1 Å². The summed E-state index contributed by atoms with van der Waals surface area (Å²) in [6.07, 6.45) is -8.79. The Balaban J connectivity index is 1.72. The van der Waals surface area contributed by atoms with Crippen molar-refractivity contribution in [1.82, 2.24) is 9.97 Å². The van der Waals surface area contributed by atoms with Crippen LogP contribution < -0.4 is 24.2 Å². The van der Waals surface area contributed by atoms with E-state index in [2.05, 4.69) is 24.7 Å². The molecule has 0 radical (unpaired) electrons. The van der Waals surface area contributed by atoms with Crippen molar-refractivity contribution in [3.63, 3.8) is 0 Å². The molecule has 3 rings (SSSR count). The van der Waals surface area contributed by atoms with Gasteiger partial charge in [0.15, 0.2) is 5.82 Å². The van der Waals surface area contributed by atoms with Gasteiger partial charge in [0.2, 0.25) is 5.88 Å². The lowest BCUT2D eigenvalue weighted by atomic mass is 10.2. The van der Waals surface area contributed by atoms with E-state index in [1.54, 1.807) is 0 Å². The number of alkyl halides is 4. The van der Waals surface area contributed by atoms with E-state index in [9.17, 15) is 30.8 Å². The number of aromatic nitrogens is 2. The van der Waals surface area contributed by atoms with Crippen molar-refractivity contribution in [2.45, 2.75) is 17.4 Å². The van der Waals surface area contributed by atoms with E-state index in [4.69, 9.17) is 9.47 Å². The topological polar surface area (TPSA) is 129 Å². The van der Waals surface area contributed by atoms with Crippen LogP contribution in [-0.2, 0) is 10.0 Å². The van der Waals surface area contributed by atoms with Crippen LogP contribution in [-0.4, -0.2) is 51.0 Å². The molecule has 0 fully saturated rings. The van der Waals surface area contributed by atoms with Crippen molar-refractivity contribution < 1.29 is 45.0 Å². The van der Waals surface area contributed by atoms with Crippen LogP contribution in [0.3, 0.4) is 0 Å². The fourth-order valence-corrected chi connectivity index (χ4v) is 3.66. The molecule has 0 bridgehead atoms. The molecule has 3 aromatic rings. The first-order valence-electron chi connectivity index (χ1n) is 9.80. The van der Waals surface area contributed by atoms with Gasteiger partial charge in [-0.25, -0.2) is 8.42 Å². The molecule has 0 saturated carbocycles. The zero-order valence-electron chi connectivity index (χ0n) is 18.5. The largest absolute Gasteiger partial charge is 0.481 e. The molecule has 192 valence electrons. The highest BCUT2D eigenvalue weighted by atomic mass is 32.2. The van der Waals surface area contributed by atoms with Gasteiger partial charge in [-0.15, -0.1) is 0 Å². The zero-order valence-corrected chi connectivity index (χ0v) is 19.4. The predicted octanol–water partition coefficient (Wildman–Crippen LogP) is 3.78. The first kappa shape index (κ1) is 26.5. The second-order valence-electron chi connectivity index (χ2n) is 6.86. The summed E-state index contributed by atoms with van der Waals surface area (Å²) in [5, 5.41) is 2.43. The minimum atomic E-state index is -4.73. The summed E-state index contributed by atoms with van der Waals surface area (Å²) in [7, 11) is -1.48. The Kier molecular flexibility index (Phi) is 7.82. The predicted molar refractivity (Wildman–Crippen MR) is 118 cm³/mol. The van der Waals surface area contributed by atoms with Crippen molar-refractivity contribution in [2.75, 3.05) is 24.3 Å². The number of nitrogens with zero attached hydrogens (tertiary/aromatic N) is 2. The second-order valence-corrected chi connectivity index (χ2v) is 8.54. The first-order valence-corrected chi connectivity index (χ1v) is 11.3. The van der Waals surface area contributed by atoms with Crippen LogP contribution >= 0.6 is 0 Å². The monoisotopic (exact) mass is 530 g/mol. The van der Waals surface area contributed by atoms with Crippen molar-refractivity contribution in [3.8, 4) is 17.6 Å². The Morgan fingerprint density at radius 2 is 1.69 bits per heavy atom. The number of methoxy groups -OCH3 is 2. The molecule has 0 aliphatic rings. The van der Waals surface area contributed by atoms with Gasteiger partial charge >= 0.3 is 18.5 Å². The maximum atomic E-state index is 13.1. The van der Waals surface area contributed by atoms with E-state index in [1.165, 1.54) is 56.7 Å². The van der Waals surface area contributed by atoms with Crippen molar-refractivity contribution in [3.05, 3.63) is 60.2 Å². The summed E-state index contributed by atoms with van der Waals surface area (Å²) in [4.78, 5) is 20.0. The number of nitrogens with one attached hydrogen (secondary N) is 2. The van der Waals surface area contributed by atoms with Crippen molar-refractivity contribution in [2.24, 2.45) is 0 Å². The Morgan fingerprint density at radius 1 is 1.00 bits per heavy atom. The summed E-state index contributed by atoms with van der Waals surface area (Å²) >= 11 is 0. The molecule has 0 atom stereocenters. The summed E-state index contributed by atoms with van der Waals surface area (Å²) in [6, 6.07) is 10.3. The zero-order chi connectivity index (χ0) is 26.5. The fourth-order valence-electron chi connectivity index (χ4n) is 2.67. The number of rotatable bonds is 10. The fraction of sp³-hybridized carbons (Fsp3) is 0.190. The second kappa shape index (κ2) is 10.6. The van der Waals surface area contributed by atoms with E-state index < -0.39 is 34.2 Å². The van der Waals surface area contributed by atoms with Gasteiger partial charge in [-0.3, -0.25) is 9.52 Å². The van der Waals surface area contributed by atoms with Crippen LogP contribution in [0.25, 0.3) is 0 Å². The molecule has 0 aliphatic carbocycles. The summed E-state index contributed by atoms with van der Waals surface area (Å²) in [5.41, 5.74) is -0.00357. The van der Waals surface area contributed by atoms with Crippen LogP contribution in [0.5, 0.6) is 17.6 Å². The normalized spacial score (nSPS) is 11.6. The Bertz CT molecular complexity index is 1320. The first-order chi connectivity index (χ1) is 16.9. The minimum absolute atomic E-state index is 0.0602. The molecule has 0 spiro atoms. The Labute approximate surface area is 202 Å². The van der Waals surface area contributed by atoms with Gasteiger partial charge in [-0.05, 0) is 42.5 Å². The molecule has 1 heterocycles. The smallest absolute Gasteiger partial charge is 0.461 e. The van der Waals surface area contributed by atoms with Crippen molar-refractivity contribution >= 4 is 27.4 Å². The van der Waals surface area contributed by atoms with Crippen LogP contribution in [0.15, 0.2) is 59.5 Å². The highest BCUT2D eigenvalue weighted by Gasteiger charge is 2.44. The molecule has 2 N–H and O–H groups in total. The maximum Gasteiger partial charge on any atom is 0.461 e. The van der Waals surface area contributed by atoms with Gasteiger partial charge in [-0.2, -0.15) is 27.5 Å². The molecule has 1 aromatic heterocycles. The number of hydrogen-bond donors (Lipinski definition) is 2. The molecule has 0 aliphatic heterocycles. The summed E-state index contributed by atoms with van der Waals surface area (Å²) in [5.74, 6) is -1.48. The molecule has 36 heavy (non-hydrogen) atoms. The van der Waals surface area contributed by atoms with Gasteiger partial charge in [0.25, 0.3) is 15.9 Å². The SMILES string of the molecule is COc1cc(NS(=O)(=O)c2ccc(NC(=O)c3cccc(OC(F)(F)C(F)F)c3)cc2)nc(OC)n1. The highest BCUT2D eigenvalue weighted by molar-refractivity contribution is 7.92. The molecular formula is C21H18F4N4O6S. The molecule has 0 unspecified atom stereocenters. The summed E-state index contributed by atoms with van der Waals surface area (Å²) < 4.78 is 92.3. The molecular weight excluding hydrogens is 512 g/mol. The molecule has 0 saturated heterocycles. The highest BCUT2D eigenvalue weighted by Crippen LogP contribution is 2.28. The van der Waals surface area contributed by atoms with Crippen LogP contribution in [0, 0.1) is 0 Å². The van der Waals surface area contributed by atoms with Crippen molar-refractivity contribution in [1.29, 1.82) is 0 Å². The number of benzene rings is 2. The quantitative estimate of drug-likeness (QED) is 0.379. The number of anilines is 2. The third-order valence-electron chi connectivity index (χ3n) is 4.34. The molecule has 10 nitrogen and oxygen atoms in total. The number of ether oxygens (including phenoxy) is 3. The van der Waals surface area contributed by atoms with E-state index >= 15 is 0 Å². The number of amides is 1. The van der Waals surface area contributed by atoms with E-state index in [-0.39, 0.29) is 33.9 Å².